The Kier molecular flexibility index (Phi) is 7.50. The first-order chi connectivity index (χ1) is 14.8. The summed E-state index contributed by atoms with van der Waals surface area (Å²) in [6, 6.07) is 10.8. The molecule has 11 heteroatoms. The van der Waals surface area contributed by atoms with E-state index in [0.29, 0.717) is 42.6 Å². The highest BCUT2D eigenvalue weighted by molar-refractivity contribution is 7.89. The van der Waals surface area contributed by atoms with Gasteiger partial charge in [-0.1, -0.05) is 23.7 Å². The van der Waals surface area contributed by atoms with Crippen LogP contribution in [0.2, 0.25) is 5.02 Å². The van der Waals surface area contributed by atoms with Gasteiger partial charge in [0.1, 0.15) is 5.75 Å². The van der Waals surface area contributed by atoms with E-state index < -0.39 is 21.8 Å². The van der Waals surface area contributed by atoms with Gasteiger partial charge in [0, 0.05) is 24.7 Å². The minimum Gasteiger partial charge on any atom is -0.495 e. The lowest BCUT2D eigenvalue weighted by Gasteiger charge is -2.26. The summed E-state index contributed by atoms with van der Waals surface area (Å²) < 4.78 is 37.0. The Morgan fingerprint density at radius 1 is 1.10 bits per heavy atom. The molecule has 1 heterocycles. The lowest BCUT2D eigenvalue weighted by atomic mass is 10.2. The molecule has 31 heavy (non-hydrogen) atoms. The van der Waals surface area contributed by atoms with Crippen LogP contribution >= 0.6 is 11.6 Å². The van der Waals surface area contributed by atoms with Gasteiger partial charge < -0.3 is 20.1 Å². The fourth-order valence-electron chi connectivity index (χ4n) is 2.93. The van der Waals surface area contributed by atoms with Gasteiger partial charge in [0.05, 0.1) is 30.9 Å². The number of hydrogen-bond acceptors (Lipinski definition) is 6. The van der Waals surface area contributed by atoms with E-state index in [1.807, 2.05) is 0 Å². The first kappa shape index (κ1) is 23.0. The molecule has 0 atom stereocenters. The van der Waals surface area contributed by atoms with E-state index >= 15 is 0 Å². The molecule has 1 fully saturated rings. The van der Waals surface area contributed by atoms with Crippen molar-refractivity contribution in [2.24, 2.45) is 0 Å². The van der Waals surface area contributed by atoms with Crippen molar-refractivity contribution in [3.63, 3.8) is 0 Å². The van der Waals surface area contributed by atoms with Crippen molar-refractivity contribution >= 4 is 39.1 Å². The van der Waals surface area contributed by atoms with Crippen LogP contribution in [0.3, 0.4) is 0 Å². The zero-order valence-electron chi connectivity index (χ0n) is 16.8. The zero-order valence-corrected chi connectivity index (χ0v) is 18.3. The van der Waals surface area contributed by atoms with Crippen LogP contribution in [0, 0.1) is 0 Å². The number of halogens is 1. The molecular formula is C20H22ClN3O6S. The summed E-state index contributed by atoms with van der Waals surface area (Å²) in [5.41, 5.74) is 0.912. The van der Waals surface area contributed by atoms with Crippen molar-refractivity contribution in [1.29, 1.82) is 0 Å². The van der Waals surface area contributed by atoms with Crippen molar-refractivity contribution in [3.8, 4) is 5.75 Å². The number of morpholine rings is 1. The van der Waals surface area contributed by atoms with Crippen molar-refractivity contribution < 1.29 is 27.5 Å². The van der Waals surface area contributed by atoms with Crippen LogP contribution in [0.15, 0.2) is 47.4 Å². The maximum absolute atomic E-state index is 12.6. The van der Waals surface area contributed by atoms with E-state index in [9.17, 15) is 18.0 Å². The normalized spacial score (nSPS) is 14.6. The molecule has 166 valence electrons. The van der Waals surface area contributed by atoms with E-state index in [-0.39, 0.29) is 17.1 Å². The number of ether oxygens (including phenoxy) is 2. The Labute approximate surface area is 185 Å². The number of carbonyl (C=O) groups is 2. The zero-order chi connectivity index (χ0) is 22.4. The summed E-state index contributed by atoms with van der Waals surface area (Å²) in [5, 5.41) is 5.32. The quantitative estimate of drug-likeness (QED) is 0.624. The van der Waals surface area contributed by atoms with Crippen LogP contribution in [0.1, 0.15) is 5.56 Å². The van der Waals surface area contributed by atoms with Gasteiger partial charge in [-0.25, -0.2) is 8.42 Å². The standard InChI is InChI=1S/C20H22ClN3O6S/c1-29-18-7-4-15(21)12-17(18)23-20(26)19(25)22-13-14-2-5-16(6-3-14)31(27,28)24-8-10-30-11-9-24/h2-7,12H,8-11,13H2,1H3,(H,22,25)(H,23,26). The number of hydrogen-bond donors (Lipinski definition) is 2. The Hall–Kier alpha value is -2.66. The van der Waals surface area contributed by atoms with Crippen molar-refractivity contribution in [3.05, 3.63) is 53.1 Å². The molecule has 9 nitrogen and oxygen atoms in total. The molecule has 0 spiro atoms. The number of nitrogens with one attached hydrogen (secondary N) is 2. The molecule has 1 saturated heterocycles. The highest BCUT2D eigenvalue weighted by Crippen LogP contribution is 2.27. The van der Waals surface area contributed by atoms with Gasteiger partial charge >= 0.3 is 11.8 Å². The first-order valence-electron chi connectivity index (χ1n) is 9.41. The second-order valence-corrected chi connectivity index (χ2v) is 9.02. The number of carbonyl (C=O) groups excluding carboxylic acids is 2. The van der Waals surface area contributed by atoms with Crippen LogP contribution < -0.4 is 15.4 Å². The number of anilines is 1. The molecule has 0 saturated carbocycles. The van der Waals surface area contributed by atoms with Crippen molar-refractivity contribution in [2.45, 2.75) is 11.4 Å². The van der Waals surface area contributed by atoms with E-state index in [1.165, 1.54) is 29.6 Å². The van der Waals surface area contributed by atoms with Gasteiger partial charge in [0.25, 0.3) is 0 Å². The molecule has 0 aromatic heterocycles. The van der Waals surface area contributed by atoms with Gasteiger partial charge in [-0.3, -0.25) is 9.59 Å². The average Bonchev–Trinajstić information content (AvgIpc) is 2.78. The summed E-state index contributed by atoms with van der Waals surface area (Å²) in [6.45, 7) is 1.41. The molecule has 0 unspecified atom stereocenters. The highest BCUT2D eigenvalue weighted by Gasteiger charge is 2.26. The summed E-state index contributed by atoms with van der Waals surface area (Å²) in [7, 11) is -2.16. The fraction of sp³-hybridized carbons (Fsp3) is 0.300. The van der Waals surface area contributed by atoms with Gasteiger partial charge in [-0.05, 0) is 35.9 Å². The Morgan fingerprint density at radius 3 is 2.42 bits per heavy atom. The van der Waals surface area contributed by atoms with Crippen LogP contribution in [0.25, 0.3) is 0 Å². The van der Waals surface area contributed by atoms with E-state index in [0.717, 1.165) is 0 Å². The maximum Gasteiger partial charge on any atom is 0.313 e. The lowest BCUT2D eigenvalue weighted by Crippen LogP contribution is -2.40. The lowest BCUT2D eigenvalue weighted by molar-refractivity contribution is -0.136. The summed E-state index contributed by atoms with van der Waals surface area (Å²) in [4.78, 5) is 24.4. The van der Waals surface area contributed by atoms with Gasteiger partial charge in [-0.2, -0.15) is 4.31 Å². The molecule has 0 aliphatic carbocycles. The number of sulfonamides is 1. The number of rotatable bonds is 6. The third-order valence-electron chi connectivity index (χ3n) is 4.60. The molecule has 0 bridgehead atoms. The Morgan fingerprint density at radius 2 is 1.77 bits per heavy atom. The number of nitrogens with zero attached hydrogens (tertiary/aromatic N) is 1. The second kappa shape index (κ2) is 10.1. The SMILES string of the molecule is COc1ccc(Cl)cc1NC(=O)C(=O)NCc1ccc(S(=O)(=O)N2CCOCC2)cc1. The summed E-state index contributed by atoms with van der Waals surface area (Å²) in [6.07, 6.45) is 0. The number of amides is 2. The molecule has 1 aliphatic heterocycles. The van der Waals surface area contributed by atoms with Gasteiger partial charge in [-0.15, -0.1) is 0 Å². The predicted molar refractivity (Wildman–Crippen MR) is 115 cm³/mol. The molecule has 2 amide bonds. The highest BCUT2D eigenvalue weighted by atomic mass is 35.5. The average molecular weight is 468 g/mol. The summed E-state index contributed by atoms with van der Waals surface area (Å²) >= 11 is 5.91. The van der Waals surface area contributed by atoms with E-state index in [1.54, 1.807) is 24.3 Å². The molecule has 2 aromatic carbocycles. The van der Waals surface area contributed by atoms with E-state index in [4.69, 9.17) is 21.1 Å². The molecule has 3 rings (SSSR count). The van der Waals surface area contributed by atoms with Crippen LogP contribution in [-0.2, 0) is 30.9 Å². The summed E-state index contributed by atoms with van der Waals surface area (Å²) in [5.74, 6) is -1.37. The largest absolute Gasteiger partial charge is 0.495 e. The fourth-order valence-corrected chi connectivity index (χ4v) is 4.51. The Bertz CT molecular complexity index is 1050. The number of methoxy groups -OCH3 is 1. The molecular weight excluding hydrogens is 446 g/mol. The smallest absolute Gasteiger partial charge is 0.313 e. The monoisotopic (exact) mass is 467 g/mol. The van der Waals surface area contributed by atoms with Crippen molar-refractivity contribution in [1.82, 2.24) is 9.62 Å². The van der Waals surface area contributed by atoms with E-state index in [2.05, 4.69) is 10.6 Å². The topological polar surface area (TPSA) is 114 Å². The van der Waals surface area contributed by atoms with Crippen LogP contribution in [0.4, 0.5) is 5.69 Å². The Balaban J connectivity index is 1.58. The third-order valence-corrected chi connectivity index (χ3v) is 6.75. The molecule has 2 N–H and O–H groups in total. The number of benzene rings is 2. The van der Waals surface area contributed by atoms with Crippen LogP contribution in [-0.4, -0.2) is 58.0 Å². The van der Waals surface area contributed by atoms with Gasteiger partial charge in [0.2, 0.25) is 10.0 Å². The molecule has 1 aliphatic rings. The predicted octanol–water partition coefficient (Wildman–Crippen LogP) is 1.62. The van der Waals surface area contributed by atoms with Crippen molar-refractivity contribution in [2.75, 3.05) is 38.7 Å². The van der Waals surface area contributed by atoms with Gasteiger partial charge in [0.15, 0.2) is 0 Å². The second-order valence-electron chi connectivity index (χ2n) is 6.64. The molecule has 2 aromatic rings. The minimum absolute atomic E-state index is 0.0524. The van der Waals surface area contributed by atoms with Crippen LogP contribution in [0.5, 0.6) is 5.75 Å². The first-order valence-corrected chi connectivity index (χ1v) is 11.2. The third kappa shape index (κ3) is 5.73. The maximum atomic E-state index is 12.6. The minimum atomic E-state index is -3.59. The molecule has 0 radical (unpaired) electrons.